The van der Waals surface area contributed by atoms with Gasteiger partial charge in [0.15, 0.2) is 5.82 Å². The number of aromatic nitrogens is 4. The quantitative estimate of drug-likeness (QED) is 0.790. The van der Waals surface area contributed by atoms with Crippen LogP contribution in [0.15, 0.2) is 24.3 Å². The molecule has 7 nitrogen and oxygen atoms in total. The van der Waals surface area contributed by atoms with Crippen molar-refractivity contribution in [3.05, 3.63) is 35.7 Å². The van der Waals surface area contributed by atoms with E-state index in [-0.39, 0.29) is 6.42 Å². The van der Waals surface area contributed by atoms with Crippen LogP contribution >= 0.6 is 0 Å². The predicted octanol–water partition coefficient (Wildman–Crippen LogP) is 1.23. The highest BCUT2D eigenvalue weighted by Crippen LogP contribution is 2.16. The Morgan fingerprint density at radius 2 is 2.00 bits per heavy atom. The first-order valence-corrected chi connectivity index (χ1v) is 7.24. The average molecular weight is 301 g/mol. The lowest BCUT2D eigenvalue weighted by Crippen LogP contribution is -2.32. The van der Waals surface area contributed by atoms with Gasteiger partial charge in [-0.25, -0.2) is 0 Å². The lowest BCUT2D eigenvalue weighted by Gasteiger charge is -2.07. The predicted molar refractivity (Wildman–Crippen MR) is 81.0 cm³/mol. The molecule has 0 amide bonds. The first kappa shape index (κ1) is 16.0. The van der Waals surface area contributed by atoms with Crippen LogP contribution in [0.3, 0.4) is 0 Å². The van der Waals surface area contributed by atoms with Crippen molar-refractivity contribution in [2.24, 2.45) is 5.73 Å². The minimum Gasteiger partial charge on any atom is -0.480 e. The largest absolute Gasteiger partial charge is 0.480 e. The number of hydrogen-bond donors (Lipinski definition) is 2. The van der Waals surface area contributed by atoms with E-state index in [4.69, 9.17) is 10.8 Å². The van der Waals surface area contributed by atoms with Gasteiger partial charge < -0.3 is 10.8 Å². The minimum atomic E-state index is -1.02. The highest BCUT2D eigenvalue weighted by Gasteiger charge is 2.13. The maximum Gasteiger partial charge on any atom is 0.320 e. The molecule has 0 aliphatic carbocycles. The smallest absolute Gasteiger partial charge is 0.320 e. The molecule has 2 aromatic rings. The van der Waals surface area contributed by atoms with Gasteiger partial charge in [0.05, 0.1) is 0 Å². The fraction of sp³-hybridized carbons (Fsp3) is 0.400. The molecule has 1 aromatic heterocycles. The van der Waals surface area contributed by atoms with Crippen LogP contribution in [-0.2, 0) is 17.6 Å². The Morgan fingerprint density at radius 3 is 2.64 bits per heavy atom. The van der Waals surface area contributed by atoms with Crippen LogP contribution in [0.2, 0.25) is 0 Å². The second-order valence-electron chi connectivity index (χ2n) is 5.09. The first-order valence-electron chi connectivity index (χ1n) is 7.24. The zero-order valence-electron chi connectivity index (χ0n) is 12.4. The number of hydrogen-bond acceptors (Lipinski definition) is 6. The molecule has 0 aliphatic rings. The number of carboxylic acid groups (broad SMARTS) is 1. The molecule has 7 heteroatoms. The van der Waals surface area contributed by atoms with Crippen LogP contribution in [0, 0.1) is 0 Å². The van der Waals surface area contributed by atoms with E-state index in [1.54, 1.807) is 0 Å². The van der Waals surface area contributed by atoms with Crippen molar-refractivity contribution < 1.29 is 9.90 Å². The normalized spacial score (nSPS) is 12.1. The molecule has 1 heterocycles. The molecule has 0 spiro atoms. The fourth-order valence-electron chi connectivity index (χ4n) is 1.98. The molecule has 0 saturated carbocycles. The van der Waals surface area contributed by atoms with Crippen LogP contribution in [0.1, 0.15) is 31.2 Å². The van der Waals surface area contributed by atoms with E-state index in [0.29, 0.717) is 11.6 Å². The van der Waals surface area contributed by atoms with Gasteiger partial charge in [-0.3, -0.25) is 4.79 Å². The number of aliphatic carboxylic acids is 1. The Hall–Kier alpha value is -2.41. The monoisotopic (exact) mass is 301 g/mol. The summed E-state index contributed by atoms with van der Waals surface area (Å²) in [6.45, 7) is 2.10. The van der Waals surface area contributed by atoms with Crippen molar-refractivity contribution in [1.82, 2.24) is 20.4 Å². The second-order valence-corrected chi connectivity index (χ2v) is 5.09. The molecule has 0 saturated heterocycles. The first-order chi connectivity index (χ1) is 10.6. The molecule has 22 heavy (non-hydrogen) atoms. The minimum absolute atomic E-state index is 0.249. The summed E-state index contributed by atoms with van der Waals surface area (Å²) in [7, 11) is 0. The van der Waals surface area contributed by atoms with Gasteiger partial charge in [0, 0.05) is 12.0 Å². The molecule has 1 aromatic carbocycles. The Labute approximate surface area is 128 Å². The standard InChI is InChI=1S/C15H19N5O2/c1-2-3-7-13-17-19-14(20-18-13)11-6-4-5-10(8-11)9-12(16)15(21)22/h4-6,8,12H,2-3,7,9,16H2,1H3,(H,21,22)/t12-/m0/s1. The molecule has 0 aliphatic heterocycles. The Balaban J connectivity index is 2.13. The topological polar surface area (TPSA) is 115 Å². The van der Waals surface area contributed by atoms with E-state index >= 15 is 0 Å². The van der Waals surface area contributed by atoms with Gasteiger partial charge in [-0.2, -0.15) is 0 Å². The maximum absolute atomic E-state index is 10.8. The number of carboxylic acids is 1. The molecule has 0 unspecified atom stereocenters. The summed E-state index contributed by atoms with van der Waals surface area (Å²) in [6, 6.07) is 6.35. The number of carbonyl (C=O) groups is 1. The highest BCUT2D eigenvalue weighted by molar-refractivity contribution is 5.73. The summed E-state index contributed by atoms with van der Waals surface area (Å²) in [5.74, 6) is 0.0333. The van der Waals surface area contributed by atoms with Gasteiger partial charge in [0.2, 0.25) is 5.82 Å². The summed E-state index contributed by atoms with van der Waals surface area (Å²) >= 11 is 0. The zero-order chi connectivity index (χ0) is 15.9. The molecule has 2 rings (SSSR count). The number of benzene rings is 1. The summed E-state index contributed by atoms with van der Waals surface area (Å²) in [5, 5.41) is 25.2. The molecule has 0 fully saturated rings. The lowest BCUT2D eigenvalue weighted by molar-refractivity contribution is -0.138. The van der Waals surface area contributed by atoms with Gasteiger partial charge in [0.25, 0.3) is 0 Å². The molecule has 3 N–H and O–H groups in total. The van der Waals surface area contributed by atoms with E-state index in [0.717, 1.165) is 30.4 Å². The average Bonchev–Trinajstić information content (AvgIpc) is 2.53. The van der Waals surface area contributed by atoms with E-state index in [9.17, 15) is 4.79 Å². The van der Waals surface area contributed by atoms with Crippen molar-refractivity contribution in [1.29, 1.82) is 0 Å². The maximum atomic E-state index is 10.8. The van der Waals surface area contributed by atoms with Crippen molar-refractivity contribution in [3.63, 3.8) is 0 Å². The van der Waals surface area contributed by atoms with Gasteiger partial charge >= 0.3 is 5.97 Å². The molecule has 116 valence electrons. The molecular formula is C15H19N5O2. The summed E-state index contributed by atoms with van der Waals surface area (Å²) in [6.07, 6.45) is 3.09. The summed E-state index contributed by atoms with van der Waals surface area (Å²) < 4.78 is 0. The fourth-order valence-corrected chi connectivity index (χ4v) is 1.98. The van der Waals surface area contributed by atoms with Crippen molar-refractivity contribution in [3.8, 4) is 11.4 Å². The van der Waals surface area contributed by atoms with Gasteiger partial charge in [-0.05, 0) is 24.5 Å². The zero-order valence-corrected chi connectivity index (χ0v) is 12.4. The number of nitrogens with two attached hydrogens (primary N) is 1. The SMILES string of the molecule is CCCCc1nnc(-c2cccc(C[C@H](N)C(=O)O)c2)nn1. The number of nitrogens with zero attached hydrogens (tertiary/aromatic N) is 4. The lowest BCUT2D eigenvalue weighted by atomic mass is 10.0. The molecule has 0 bridgehead atoms. The van der Waals surface area contributed by atoms with Crippen LogP contribution in [0.4, 0.5) is 0 Å². The van der Waals surface area contributed by atoms with Crippen LogP contribution in [0.5, 0.6) is 0 Å². The van der Waals surface area contributed by atoms with Crippen LogP contribution < -0.4 is 5.73 Å². The van der Waals surface area contributed by atoms with Gasteiger partial charge in [-0.1, -0.05) is 31.5 Å². The highest BCUT2D eigenvalue weighted by atomic mass is 16.4. The Morgan fingerprint density at radius 1 is 1.27 bits per heavy atom. The third-order valence-corrected chi connectivity index (χ3v) is 3.23. The molecule has 1 atom stereocenters. The third kappa shape index (κ3) is 4.29. The number of aryl methyl sites for hydroxylation is 1. The third-order valence-electron chi connectivity index (χ3n) is 3.23. The van der Waals surface area contributed by atoms with Crippen molar-refractivity contribution in [2.45, 2.75) is 38.6 Å². The summed E-state index contributed by atoms with van der Waals surface area (Å²) in [5.41, 5.74) is 7.11. The summed E-state index contributed by atoms with van der Waals surface area (Å²) in [4.78, 5) is 10.8. The van der Waals surface area contributed by atoms with Crippen molar-refractivity contribution in [2.75, 3.05) is 0 Å². The van der Waals surface area contributed by atoms with Crippen molar-refractivity contribution >= 4 is 5.97 Å². The Kier molecular flexibility index (Phi) is 5.48. The van der Waals surface area contributed by atoms with E-state index in [2.05, 4.69) is 27.3 Å². The number of unbranched alkanes of at least 4 members (excludes halogenated alkanes) is 1. The van der Waals surface area contributed by atoms with E-state index < -0.39 is 12.0 Å². The van der Waals surface area contributed by atoms with E-state index in [1.165, 1.54) is 0 Å². The molecule has 0 radical (unpaired) electrons. The second kappa shape index (κ2) is 7.56. The van der Waals surface area contributed by atoms with Gasteiger partial charge in [0.1, 0.15) is 6.04 Å². The van der Waals surface area contributed by atoms with Crippen LogP contribution in [-0.4, -0.2) is 37.5 Å². The van der Waals surface area contributed by atoms with Gasteiger partial charge in [-0.15, -0.1) is 20.4 Å². The van der Waals surface area contributed by atoms with Crippen LogP contribution in [0.25, 0.3) is 11.4 Å². The molecular weight excluding hydrogens is 282 g/mol. The van der Waals surface area contributed by atoms with E-state index in [1.807, 2.05) is 24.3 Å². The number of rotatable bonds is 7. The Bertz CT molecular complexity index is 630.